The fourth-order valence-corrected chi connectivity index (χ4v) is 2.08. The number of amides is 1. The summed E-state index contributed by atoms with van der Waals surface area (Å²) in [6.45, 7) is 0. The predicted octanol–water partition coefficient (Wildman–Crippen LogP) is 2.74. The van der Waals surface area contributed by atoms with Gasteiger partial charge in [-0.1, -0.05) is 15.9 Å². The third kappa shape index (κ3) is 3.08. The van der Waals surface area contributed by atoms with Crippen molar-refractivity contribution < 1.29 is 4.79 Å². The Bertz CT molecular complexity index is 701. The van der Waals surface area contributed by atoms with Crippen molar-refractivity contribution in [3.8, 4) is 6.07 Å². The van der Waals surface area contributed by atoms with Crippen LogP contribution >= 0.6 is 15.9 Å². The second-order valence-corrected chi connectivity index (χ2v) is 5.06. The number of anilines is 3. The molecule has 2 rings (SSSR count). The van der Waals surface area contributed by atoms with Crippen LogP contribution in [0.4, 0.5) is 17.1 Å². The van der Waals surface area contributed by atoms with Gasteiger partial charge in [-0.15, -0.1) is 0 Å². The van der Waals surface area contributed by atoms with Crippen LogP contribution in [-0.2, 0) is 0 Å². The van der Waals surface area contributed by atoms with Crippen molar-refractivity contribution in [2.75, 3.05) is 16.8 Å². The molecule has 0 aliphatic heterocycles. The first kappa shape index (κ1) is 13.9. The van der Waals surface area contributed by atoms with Crippen molar-refractivity contribution in [3.05, 3.63) is 52.0 Å². The molecule has 0 atom stereocenters. The van der Waals surface area contributed by atoms with Crippen LogP contribution in [-0.4, -0.2) is 5.91 Å². The Morgan fingerprint density at radius 1 is 1.15 bits per heavy atom. The van der Waals surface area contributed by atoms with E-state index in [1.165, 1.54) is 12.1 Å². The van der Waals surface area contributed by atoms with Gasteiger partial charge in [0.1, 0.15) is 6.07 Å². The summed E-state index contributed by atoms with van der Waals surface area (Å²) in [7, 11) is 0. The number of nitrogens with two attached hydrogens (primary N) is 2. The number of hydrogen-bond acceptors (Lipinski definition) is 4. The molecule has 0 aromatic heterocycles. The van der Waals surface area contributed by atoms with Gasteiger partial charge in [0.05, 0.1) is 11.3 Å². The predicted molar refractivity (Wildman–Crippen MR) is 82.1 cm³/mol. The molecule has 2 aromatic rings. The molecule has 6 heteroatoms. The lowest BCUT2D eigenvalue weighted by Gasteiger charge is -2.09. The number of nitrogens with one attached hydrogen (secondary N) is 1. The topological polar surface area (TPSA) is 105 Å². The largest absolute Gasteiger partial charge is 0.399 e. The molecule has 0 spiro atoms. The maximum absolute atomic E-state index is 12.2. The number of halogens is 1. The molecular formula is C14H11BrN4O. The Hall–Kier alpha value is -2.52. The Morgan fingerprint density at radius 3 is 2.40 bits per heavy atom. The SMILES string of the molecule is N#Cc1ccc(Br)cc1NC(=O)c1cc(N)cc(N)c1. The average molecular weight is 331 g/mol. The highest BCUT2D eigenvalue weighted by molar-refractivity contribution is 9.10. The van der Waals surface area contributed by atoms with Crippen LogP contribution in [0.5, 0.6) is 0 Å². The van der Waals surface area contributed by atoms with Crippen LogP contribution in [0.2, 0.25) is 0 Å². The van der Waals surface area contributed by atoms with E-state index in [9.17, 15) is 4.79 Å². The quantitative estimate of drug-likeness (QED) is 0.736. The number of rotatable bonds is 2. The highest BCUT2D eigenvalue weighted by Crippen LogP contribution is 2.22. The number of nitriles is 1. The minimum atomic E-state index is -0.376. The molecule has 0 saturated carbocycles. The first-order chi connectivity index (χ1) is 9.49. The first-order valence-electron chi connectivity index (χ1n) is 5.66. The Balaban J connectivity index is 2.32. The summed E-state index contributed by atoms with van der Waals surface area (Å²) in [5, 5.41) is 11.7. The minimum absolute atomic E-state index is 0.339. The summed E-state index contributed by atoms with van der Waals surface area (Å²) in [4.78, 5) is 12.2. The lowest BCUT2D eigenvalue weighted by molar-refractivity contribution is 0.102. The van der Waals surface area contributed by atoms with E-state index in [4.69, 9.17) is 16.7 Å². The molecule has 5 nitrogen and oxygen atoms in total. The third-order valence-corrected chi connectivity index (χ3v) is 3.08. The second-order valence-electron chi connectivity index (χ2n) is 4.14. The van der Waals surface area contributed by atoms with Crippen LogP contribution in [0.1, 0.15) is 15.9 Å². The molecule has 20 heavy (non-hydrogen) atoms. The summed E-state index contributed by atoms with van der Waals surface area (Å²) in [5.74, 6) is -0.376. The molecule has 0 radical (unpaired) electrons. The number of benzene rings is 2. The van der Waals surface area contributed by atoms with Crippen molar-refractivity contribution in [1.29, 1.82) is 5.26 Å². The van der Waals surface area contributed by atoms with E-state index in [1.807, 2.05) is 6.07 Å². The van der Waals surface area contributed by atoms with E-state index < -0.39 is 0 Å². The Labute approximate surface area is 124 Å². The number of nitrogens with zero attached hydrogens (tertiary/aromatic N) is 1. The monoisotopic (exact) mass is 330 g/mol. The van der Waals surface area contributed by atoms with E-state index in [0.29, 0.717) is 28.2 Å². The highest BCUT2D eigenvalue weighted by atomic mass is 79.9. The first-order valence-corrected chi connectivity index (χ1v) is 6.46. The standard InChI is InChI=1S/C14H11BrN4O/c15-10-2-1-8(7-16)13(5-10)19-14(20)9-3-11(17)6-12(18)4-9/h1-6H,17-18H2,(H,19,20). The summed E-state index contributed by atoms with van der Waals surface area (Å²) < 4.78 is 0.763. The fraction of sp³-hybridized carbons (Fsp3) is 0. The fourth-order valence-electron chi connectivity index (χ4n) is 1.72. The van der Waals surface area contributed by atoms with Gasteiger partial charge in [-0.2, -0.15) is 5.26 Å². The van der Waals surface area contributed by atoms with Crippen molar-refractivity contribution in [3.63, 3.8) is 0 Å². The van der Waals surface area contributed by atoms with Gasteiger partial charge < -0.3 is 16.8 Å². The summed E-state index contributed by atoms with van der Waals surface area (Å²) in [6, 6.07) is 11.6. The van der Waals surface area contributed by atoms with Crippen LogP contribution in [0, 0.1) is 11.3 Å². The van der Waals surface area contributed by atoms with Gasteiger partial charge in [0, 0.05) is 21.4 Å². The van der Waals surface area contributed by atoms with Gasteiger partial charge in [0.2, 0.25) is 0 Å². The lowest BCUT2D eigenvalue weighted by atomic mass is 10.1. The van der Waals surface area contributed by atoms with Crippen molar-refractivity contribution in [1.82, 2.24) is 0 Å². The van der Waals surface area contributed by atoms with E-state index in [-0.39, 0.29) is 5.91 Å². The molecule has 0 heterocycles. The van der Waals surface area contributed by atoms with E-state index in [2.05, 4.69) is 21.2 Å². The van der Waals surface area contributed by atoms with Crippen LogP contribution < -0.4 is 16.8 Å². The van der Waals surface area contributed by atoms with Gasteiger partial charge in [-0.05, 0) is 36.4 Å². The number of carbonyl (C=O) groups is 1. The van der Waals surface area contributed by atoms with Crippen molar-refractivity contribution in [2.45, 2.75) is 0 Å². The molecule has 5 N–H and O–H groups in total. The smallest absolute Gasteiger partial charge is 0.255 e. The van der Waals surface area contributed by atoms with Crippen LogP contribution in [0.3, 0.4) is 0 Å². The molecule has 0 saturated heterocycles. The zero-order valence-electron chi connectivity index (χ0n) is 10.4. The van der Waals surface area contributed by atoms with Crippen LogP contribution in [0.25, 0.3) is 0 Å². The van der Waals surface area contributed by atoms with Gasteiger partial charge in [-0.25, -0.2) is 0 Å². The third-order valence-electron chi connectivity index (χ3n) is 2.59. The molecular weight excluding hydrogens is 320 g/mol. The normalized spacial score (nSPS) is 9.80. The Morgan fingerprint density at radius 2 is 1.80 bits per heavy atom. The summed E-state index contributed by atoms with van der Waals surface area (Å²) >= 11 is 3.29. The van der Waals surface area contributed by atoms with Gasteiger partial charge in [0.15, 0.2) is 0 Å². The molecule has 0 aliphatic carbocycles. The average Bonchev–Trinajstić information content (AvgIpc) is 2.37. The molecule has 1 amide bonds. The molecule has 2 aromatic carbocycles. The molecule has 0 bridgehead atoms. The Kier molecular flexibility index (Phi) is 3.91. The zero-order chi connectivity index (χ0) is 14.7. The second kappa shape index (κ2) is 5.63. The highest BCUT2D eigenvalue weighted by Gasteiger charge is 2.10. The number of hydrogen-bond donors (Lipinski definition) is 3. The summed E-state index contributed by atoms with van der Waals surface area (Å²) in [5.41, 5.74) is 13.3. The zero-order valence-corrected chi connectivity index (χ0v) is 11.9. The maximum atomic E-state index is 12.2. The lowest BCUT2D eigenvalue weighted by Crippen LogP contribution is -2.13. The number of carbonyl (C=O) groups excluding carboxylic acids is 1. The summed E-state index contributed by atoms with van der Waals surface area (Å²) in [6.07, 6.45) is 0. The van der Waals surface area contributed by atoms with Crippen LogP contribution in [0.15, 0.2) is 40.9 Å². The molecule has 0 unspecified atom stereocenters. The van der Waals surface area contributed by atoms with Crippen molar-refractivity contribution in [2.24, 2.45) is 0 Å². The molecule has 0 fully saturated rings. The number of nitrogen functional groups attached to an aromatic ring is 2. The maximum Gasteiger partial charge on any atom is 0.255 e. The van der Waals surface area contributed by atoms with Crippen molar-refractivity contribution >= 4 is 38.9 Å². The van der Waals surface area contributed by atoms with E-state index in [0.717, 1.165) is 4.47 Å². The minimum Gasteiger partial charge on any atom is -0.399 e. The molecule has 0 aliphatic rings. The van der Waals surface area contributed by atoms with E-state index >= 15 is 0 Å². The van der Waals surface area contributed by atoms with Gasteiger partial charge in [-0.3, -0.25) is 4.79 Å². The van der Waals surface area contributed by atoms with E-state index in [1.54, 1.807) is 24.3 Å². The van der Waals surface area contributed by atoms with Gasteiger partial charge >= 0.3 is 0 Å². The molecule has 100 valence electrons. The van der Waals surface area contributed by atoms with Gasteiger partial charge in [0.25, 0.3) is 5.91 Å².